The molecular formula is C10H13B2FN4O4. The van der Waals surface area contributed by atoms with E-state index in [1.54, 1.807) is 0 Å². The van der Waals surface area contributed by atoms with Crippen LogP contribution in [0.25, 0.3) is 0 Å². The van der Waals surface area contributed by atoms with Crippen LogP contribution in [0, 0.1) is 0 Å². The summed E-state index contributed by atoms with van der Waals surface area (Å²) in [4.78, 5) is 15.1. The van der Waals surface area contributed by atoms with Gasteiger partial charge in [0.15, 0.2) is 12.4 Å². The summed E-state index contributed by atoms with van der Waals surface area (Å²) in [7, 11) is 10.6. The van der Waals surface area contributed by atoms with Crippen molar-refractivity contribution in [2.45, 2.75) is 29.5 Å². The predicted molar refractivity (Wildman–Crippen MR) is 72.2 cm³/mol. The van der Waals surface area contributed by atoms with Crippen molar-refractivity contribution in [2.24, 2.45) is 5.73 Å². The molecule has 0 amide bonds. The van der Waals surface area contributed by atoms with Gasteiger partial charge < -0.3 is 26.4 Å². The van der Waals surface area contributed by atoms with Crippen molar-refractivity contribution >= 4 is 21.5 Å². The minimum absolute atomic E-state index is 0.0653. The number of aliphatic hydroxyl groups is 2. The fraction of sp³-hybridized carbons (Fsp3) is 0.600. The molecule has 21 heavy (non-hydrogen) atoms. The molecule has 0 spiro atoms. The molecule has 0 bridgehead atoms. The van der Waals surface area contributed by atoms with Gasteiger partial charge in [-0.15, -0.1) is 0 Å². The highest BCUT2D eigenvalue weighted by molar-refractivity contribution is 6.39. The third-order valence-corrected chi connectivity index (χ3v) is 3.49. The second-order valence-corrected chi connectivity index (χ2v) is 4.86. The van der Waals surface area contributed by atoms with Crippen LogP contribution in [0.1, 0.15) is 6.23 Å². The molecule has 11 heteroatoms. The lowest BCUT2D eigenvalue weighted by molar-refractivity contribution is -0.149. The van der Waals surface area contributed by atoms with Gasteiger partial charge in [0.25, 0.3) is 0 Å². The number of nitrogens with two attached hydrogens (primary N) is 2. The topological polar surface area (TPSA) is 137 Å². The number of hydrogen-bond acceptors (Lipinski definition) is 7. The van der Waals surface area contributed by atoms with E-state index in [0.29, 0.717) is 0 Å². The van der Waals surface area contributed by atoms with Gasteiger partial charge in [-0.2, -0.15) is 4.98 Å². The molecular weight excluding hydrogens is 281 g/mol. The van der Waals surface area contributed by atoms with Crippen LogP contribution in [0.3, 0.4) is 0 Å². The molecule has 0 saturated carbocycles. The first kappa shape index (κ1) is 16.0. The van der Waals surface area contributed by atoms with E-state index in [9.17, 15) is 19.4 Å². The third-order valence-electron chi connectivity index (χ3n) is 3.49. The van der Waals surface area contributed by atoms with E-state index in [2.05, 4.69) is 4.98 Å². The van der Waals surface area contributed by atoms with Gasteiger partial charge in [0.05, 0.1) is 0 Å². The Bertz CT molecular complexity index is 595. The molecule has 0 unspecified atom stereocenters. The summed E-state index contributed by atoms with van der Waals surface area (Å²) in [5.74, 6) is -0.0653. The Hall–Kier alpha value is -1.42. The number of hydrogen-bond donors (Lipinski definition) is 4. The highest BCUT2D eigenvalue weighted by Crippen LogP contribution is 2.42. The van der Waals surface area contributed by atoms with Gasteiger partial charge in [0.2, 0.25) is 0 Å². The van der Waals surface area contributed by atoms with Crippen LogP contribution in [0.5, 0.6) is 0 Å². The Morgan fingerprint density at radius 2 is 2.24 bits per heavy atom. The molecule has 1 aliphatic heterocycles. The van der Waals surface area contributed by atoms with Crippen LogP contribution in [0.2, 0.25) is 0 Å². The SMILES string of the molecule is [B]C([B])(O)[C@@]1(CN)O[C@@H](n2ccc(N)nc2=O)[C@H](F)[C@@H]1O. The van der Waals surface area contributed by atoms with Crippen molar-refractivity contribution in [3.63, 3.8) is 0 Å². The van der Waals surface area contributed by atoms with Crippen LogP contribution in [0.15, 0.2) is 17.1 Å². The van der Waals surface area contributed by atoms with Crippen molar-refractivity contribution in [1.82, 2.24) is 9.55 Å². The van der Waals surface area contributed by atoms with Gasteiger partial charge in [-0.05, 0) is 6.07 Å². The third kappa shape index (κ3) is 2.35. The van der Waals surface area contributed by atoms with Gasteiger partial charge in [-0.3, -0.25) is 4.57 Å². The maximum absolute atomic E-state index is 14.3. The molecule has 4 atom stereocenters. The van der Waals surface area contributed by atoms with Crippen molar-refractivity contribution in [3.8, 4) is 0 Å². The van der Waals surface area contributed by atoms with E-state index in [4.69, 9.17) is 31.9 Å². The highest BCUT2D eigenvalue weighted by Gasteiger charge is 2.61. The summed E-state index contributed by atoms with van der Waals surface area (Å²) in [6.07, 6.45) is -4.54. The van der Waals surface area contributed by atoms with E-state index >= 15 is 0 Å². The van der Waals surface area contributed by atoms with Gasteiger partial charge in [0, 0.05) is 18.1 Å². The van der Waals surface area contributed by atoms with Crippen LogP contribution in [-0.2, 0) is 4.74 Å². The number of nitrogen functional groups attached to an aromatic ring is 1. The van der Waals surface area contributed by atoms with E-state index in [-0.39, 0.29) is 5.82 Å². The molecule has 0 aliphatic carbocycles. The Labute approximate surface area is 121 Å². The minimum atomic E-state index is -2.62. The number of anilines is 1. The highest BCUT2D eigenvalue weighted by atomic mass is 19.1. The van der Waals surface area contributed by atoms with E-state index in [1.165, 1.54) is 6.07 Å². The fourth-order valence-corrected chi connectivity index (χ4v) is 2.26. The Morgan fingerprint density at radius 1 is 1.62 bits per heavy atom. The summed E-state index contributed by atoms with van der Waals surface area (Å²) >= 11 is 0. The van der Waals surface area contributed by atoms with Gasteiger partial charge in [0.1, 0.15) is 33.2 Å². The zero-order valence-electron chi connectivity index (χ0n) is 10.9. The van der Waals surface area contributed by atoms with Crippen molar-refractivity contribution in [3.05, 3.63) is 22.7 Å². The molecule has 1 fully saturated rings. The lowest BCUT2D eigenvalue weighted by Crippen LogP contribution is -2.65. The summed E-state index contributed by atoms with van der Waals surface area (Å²) < 4.78 is 20.3. The second-order valence-electron chi connectivity index (χ2n) is 4.86. The van der Waals surface area contributed by atoms with Crippen molar-refractivity contribution in [1.29, 1.82) is 0 Å². The molecule has 1 aromatic rings. The normalized spacial score (nSPS) is 33.2. The molecule has 8 nitrogen and oxygen atoms in total. The van der Waals surface area contributed by atoms with Crippen LogP contribution >= 0.6 is 0 Å². The first-order valence-electron chi connectivity index (χ1n) is 5.99. The van der Waals surface area contributed by atoms with Crippen LogP contribution in [0.4, 0.5) is 10.2 Å². The fourth-order valence-electron chi connectivity index (χ4n) is 2.26. The Morgan fingerprint density at radius 3 is 2.67 bits per heavy atom. The first-order valence-corrected chi connectivity index (χ1v) is 5.99. The monoisotopic (exact) mass is 294 g/mol. The maximum Gasteiger partial charge on any atom is 0.351 e. The Balaban J connectivity index is 2.47. The molecule has 1 aromatic heterocycles. The summed E-state index contributed by atoms with van der Waals surface area (Å²) in [5, 5.41) is 17.1. The zero-order chi connectivity index (χ0) is 16.0. The summed E-state index contributed by atoms with van der Waals surface area (Å²) in [6, 6.07) is 1.24. The number of halogens is 1. The predicted octanol–water partition coefficient (Wildman–Crippen LogP) is -3.27. The zero-order valence-corrected chi connectivity index (χ0v) is 10.9. The summed E-state index contributed by atoms with van der Waals surface area (Å²) in [5.41, 5.74) is 7.66. The number of aromatic nitrogens is 2. The molecule has 6 N–H and O–H groups in total. The van der Waals surface area contributed by atoms with E-state index in [1.807, 2.05) is 0 Å². The van der Waals surface area contributed by atoms with E-state index < -0.39 is 41.7 Å². The lowest BCUT2D eigenvalue weighted by Gasteiger charge is -2.42. The van der Waals surface area contributed by atoms with Gasteiger partial charge in [-0.25, -0.2) is 9.18 Å². The lowest BCUT2D eigenvalue weighted by atomic mass is 9.54. The molecule has 2 rings (SSSR count). The number of aliphatic hydroxyl groups excluding tert-OH is 1. The number of rotatable bonds is 3. The Kier molecular flexibility index (Phi) is 3.87. The van der Waals surface area contributed by atoms with Crippen LogP contribution < -0.4 is 17.2 Å². The minimum Gasteiger partial charge on any atom is -0.406 e. The standard InChI is InChI=1S/C10H13B2FN4O4/c11-10(12,20)9(3-14)6(18)5(13)7(21-9)17-2-1-4(15)16-8(17)19/h1-2,5-7,18,20H,3,14H2,(H2,15,16,19)/t5-,6+,7-,9+/m1/s1. The number of ether oxygens (including phenoxy) is 1. The average Bonchev–Trinajstić information content (AvgIpc) is 2.63. The number of alkyl halides is 1. The second kappa shape index (κ2) is 5.09. The maximum atomic E-state index is 14.3. The molecule has 2 heterocycles. The summed E-state index contributed by atoms with van der Waals surface area (Å²) in [6.45, 7) is -0.578. The van der Waals surface area contributed by atoms with Crippen molar-refractivity contribution in [2.75, 3.05) is 12.3 Å². The first-order chi connectivity index (χ1) is 9.64. The molecule has 1 aliphatic rings. The van der Waals surface area contributed by atoms with Gasteiger partial charge in [-0.1, -0.05) is 0 Å². The average molecular weight is 294 g/mol. The quantitative estimate of drug-likeness (QED) is 0.429. The molecule has 110 valence electrons. The number of nitrogens with zero attached hydrogens (tertiary/aromatic N) is 2. The van der Waals surface area contributed by atoms with Crippen LogP contribution in [-0.4, -0.2) is 65.3 Å². The van der Waals surface area contributed by atoms with Crippen molar-refractivity contribution < 1.29 is 19.3 Å². The molecule has 4 radical (unpaired) electrons. The largest absolute Gasteiger partial charge is 0.406 e. The smallest absolute Gasteiger partial charge is 0.351 e. The van der Waals surface area contributed by atoms with E-state index in [0.717, 1.165) is 10.8 Å². The molecule has 0 aromatic carbocycles. The molecule has 1 saturated heterocycles. The van der Waals surface area contributed by atoms with Gasteiger partial charge >= 0.3 is 5.69 Å².